The van der Waals surface area contributed by atoms with Crippen molar-refractivity contribution >= 4 is 67.3 Å². The topological polar surface area (TPSA) is 54.5 Å². The van der Waals surface area contributed by atoms with Crippen LogP contribution in [-0.4, -0.2) is 26.2 Å². The van der Waals surface area contributed by atoms with Crippen LogP contribution >= 0.6 is 46.7 Å². The van der Waals surface area contributed by atoms with Gasteiger partial charge in [0.25, 0.3) is 0 Å². The van der Waals surface area contributed by atoms with Crippen molar-refractivity contribution in [2.24, 2.45) is 22.7 Å². The van der Waals surface area contributed by atoms with Crippen LogP contribution in [0.25, 0.3) is 20.7 Å². The molecule has 4 heterocycles. The largest absolute Gasteiger partial charge is 0.336 e. The number of hydrogen-bond donors (Lipinski definition) is 1. The fourth-order valence-electron chi connectivity index (χ4n) is 5.59. The normalized spacial score (nSPS) is 19.9. The van der Waals surface area contributed by atoms with Gasteiger partial charge in [0, 0.05) is 11.4 Å². The second kappa shape index (κ2) is 10.3. The summed E-state index contributed by atoms with van der Waals surface area (Å²) in [6.07, 6.45) is 9.14. The number of pyridine rings is 2. The highest BCUT2D eigenvalue weighted by Crippen LogP contribution is 2.39. The Balaban J connectivity index is 0.000000152. The number of nitrogens with one attached hydrogen (secondary N) is 1. The molecule has 0 radical (unpaired) electrons. The van der Waals surface area contributed by atoms with Crippen LogP contribution < -0.4 is 0 Å². The summed E-state index contributed by atoms with van der Waals surface area (Å²) < 4.78 is 1.95. The Morgan fingerprint density at radius 3 is 1.97 bits per heavy atom. The minimum Gasteiger partial charge on any atom is -0.336 e. The van der Waals surface area contributed by atoms with Gasteiger partial charge in [-0.1, -0.05) is 76.0 Å². The Morgan fingerprint density at radius 1 is 0.838 bits per heavy atom. The molecular formula is C29H38N4S4. The molecule has 2 aliphatic rings. The highest BCUT2D eigenvalue weighted by atomic mass is 32.2. The molecule has 0 saturated heterocycles. The molecule has 4 aromatic heterocycles. The Morgan fingerprint density at radius 2 is 1.41 bits per heavy atom. The standard InChI is InChI=1S/C15H20N2S2.C14H18N2S2/c1-15(2,3)10-5-6-11-9(7-10)8-12-13(16-11)19-14(17-12)18-4;1-14(2,3)9-4-5-10-8(6-9)7-11-12(15-10)18-13(17)16-11/h8,10H,5-7H2,1-4H3;7,9H,4-6H2,1-3H3,(H,16,17). The number of H-pyrrole nitrogens is 1. The monoisotopic (exact) mass is 570 g/mol. The van der Waals surface area contributed by atoms with Crippen LogP contribution in [0.3, 0.4) is 0 Å². The van der Waals surface area contributed by atoms with Crippen molar-refractivity contribution in [2.75, 3.05) is 6.26 Å². The lowest BCUT2D eigenvalue weighted by molar-refractivity contribution is 0.215. The molecule has 4 aromatic rings. The second-order valence-corrected chi connectivity index (χ2v) is 16.4. The van der Waals surface area contributed by atoms with Crippen LogP contribution in [0, 0.1) is 26.6 Å². The molecular weight excluding hydrogens is 533 g/mol. The quantitative estimate of drug-likeness (QED) is 0.183. The molecule has 6 rings (SSSR count). The maximum Gasteiger partial charge on any atom is 0.160 e. The van der Waals surface area contributed by atoms with E-state index in [1.807, 2.05) is 0 Å². The van der Waals surface area contributed by atoms with E-state index < -0.39 is 0 Å². The van der Waals surface area contributed by atoms with Gasteiger partial charge in [0.05, 0.1) is 5.52 Å². The van der Waals surface area contributed by atoms with E-state index in [0.717, 1.165) is 66.5 Å². The van der Waals surface area contributed by atoms with Crippen LogP contribution in [0.15, 0.2) is 16.5 Å². The Kier molecular flexibility index (Phi) is 7.60. The molecule has 0 bridgehead atoms. The Hall–Kier alpha value is -1.35. The summed E-state index contributed by atoms with van der Waals surface area (Å²) in [5.74, 6) is 1.52. The first kappa shape index (κ1) is 27.2. The zero-order valence-corrected chi connectivity index (χ0v) is 26.3. The maximum atomic E-state index is 5.19. The van der Waals surface area contributed by atoms with Crippen molar-refractivity contribution in [3.63, 3.8) is 0 Å². The summed E-state index contributed by atoms with van der Waals surface area (Å²) in [6.45, 7) is 14.1. The molecule has 0 saturated carbocycles. The van der Waals surface area contributed by atoms with Gasteiger partial charge in [-0.15, -0.1) is 0 Å². The summed E-state index contributed by atoms with van der Waals surface area (Å²) in [6, 6.07) is 4.55. The minimum absolute atomic E-state index is 0.383. The van der Waals surface area contributed by atoms with Gasteiger partial charge in [-0.3, -0.25) is 0 Å². The number of aromatic amines is 1. The van der Waals surface area contributed by atoms with E-state index in [1.165, 1.54) is 35.4 Å². The van der Waals surface area contributed by atoms with E-state index in [-0.39, 0.29) is 0 Å². The lowest BCUT2D eigenvalue weighted by Crippen LogP contribution is -2.27. The van der Waals surface area contributed by atoms with Crippen LogP contribution in [0.2, 0.25) is 0 Å². The summed E-state index contributed by atoms with van der Waals surface area (Å²) in [7, 11) is 0. The number of rotatable bonds is 1. The van der Waals surface area contributed by atoms with Crippen LogP contribution in [0.4, 0.5) is 0 Å². The van der Waals surface area contributed by atoms with E-state index in [0.29, 0.717) is 10.8 Å². The van der Waals surface area contributed by atoms with Gasteiger partial charge in [-0.2, -0.15) is 0 Å². The zero-order chi connectivity index (χ0) is 26.5. The van der Waals surface area contributed by atoms with Gasteiger partial charge in [0.2, 0.25) is 0 Å². The fraction of sp³-hybridized carbons (Fsp3) is 0.586. The summed E-state index contributed by atoms with van der Waals surface area (Å²) in [5.41, 5.74) is 8.40. The molecule has 198 valence electrons. The van der Waals surface area contributed by atoms with E-state index in [2.05, 4.69) is 69.9 Å². The molecule has 37 heavy (non-hydrogen) atoms. The predicted molar refractivity (Wildman–Crippen MR) is 164 cm³/mol. The molecule has 0 aliphatic heterocycles. The number of nitrogens with zero attached hydrogens (tertiary/aromatic N) is 3. The van der Waals surface area contributed by atoms with Crippen molar-refractivity contribution in [1.82, 2.24) is 19.9 Å². The van der Waals surface area contributed by atoms with Crippen molar-refractivity contribution in [1.29, 1.82) is 0 Å². The first-order valence-electron chi connectivity index (χ1n) is 13.3. The average Bonchev–Trinajstić information content (AvgIpc) is 3.40. The van der Waals surface area contributed by atoms with Crippen molar-refractivity contribution in [3.8, 4) is 0 Å². The van der Waals surface area contributed by atoms with E-state index in [9.17, 15) is 0 Å². The first-order chi connectivity index (χ1) is 17.4. The summed E-state index contributed by atoms with van der Waals surface area (Å²) in [5, 5.41) is 0. The third kappa shape index (κ3) is 5.97. The Bertz CT molecular complexity index is 1480. The number of thioether (sulfide) groups is 1. The van der Waals surface area contributed by atoms with Crippen molar-refractivity contribution < 1.29 is 0 Å². The molecule has 2 atom stereocenters. The van der Waals surface area contributed by atoms with Crippen molar-refractivity contribution in [3.05, 3.63) is 38.6 Å². The minimum atomic E-state index is 0.383. The van der Waals surface area contributed by atoms with Crippen LogP contribution in [0.1, 0.15) is 76.9 Å². The van der Waals surface area contributed by atoms with Crippen molar-refractivity contribution in [2.45, 2.75) is 84.4 Å². The maximum absolute atomic E-state index is 5.19. The Labute approximate surface area is 238 Å². The molecule has 2 unspecified atom stereocenters. The van der Waals surface area contributed by atoms with E-state index >= 15 is 0 Å². The van der Waals surface area contributed by atoms with Gasteiger partial charge in [-0.25, -0.2) is 15.0 Å². The van der Waals surface area contributed by atoms with Gasteiger partial charge in [-0.05, 0) is 103 Å². The third-order valence-corrected chi connectivity index (χ3v) is 11.2. The zero-order valence-electron chi connectivity index (χ0n) is 23.0. The smallest absolute Gasteiger partial charge is 0.160 e. The number of aryl methyl sites for hydroxylation is 2. The molecule has 0 fully saturated rings. The lowest BCUT2D eigenvalue weighted by atomic mass is 9.71. The number of hydrogen-bond acceptors (Lipinski definition) is 7. The average molecular weight is 571 g/mol. The van der Waals surface area contributed by atoms with Gasteiger partial charge in [0.1, 0.15) is 15.2 Å². The van der Waals surface area contributed by atoms with Crippen LogP contribution in [-0.2, 0) is 25.7 Å². The lowest BCUT2D eigenvalue weighted by Gasteiger charge is -2.34. The predicted octanol–water partition coefficient (Wildman–Crippen LogP) is 9.07. The summed E-state index contributed by atoms with van der Waals surface area (Å²) >= 11 is 10.2. The molecule has 4 nitrogen and oxygen atoms in total. The highest BCUT2D eigenvalue weighted by Gasteiger charge is 2.30. The van der Waals surface area contributed by atoms with E-state index in [1.54, 1.807) is 34.4 Å². The third-order valence-electron chi connectivity index (χ3n) is 8.13. The highest BCUT2D eigenvalue weighted by molar-refractivity contribution is 8.00. The molecule has 2 aliphatic carbocycles. The summed E-state index contributed by atoms with van der Waals surface area (Å²) in [4.78, 5) is 19.7. The SMILES string of the molecule is CC(C)(C)C1CCc2nc3sc(=S)[nH]c3cc2C1.CSc1nc2cc3c(nc2s1)CCC(C(C)(C)C)C3. The number of fused-ring (bicyclic) bond motifs is 4. The van der Waals surface area contributed by atoms with E-state index in [4.69, 9.17) is 22.2 Å². The molecule has 0 aromatic carbocycles. The molecule has 1 N–H and O–H groups in total. The molecule has 0 spiro atoms. The first-order valence-corrected chi connectivity index (χ1v) is 16.5. The second-order valence-electron chi connectivity index (χ2n) is 12.7. The molecule has 8 heteroatoms. The number of thiazole rings is 2. The van der Waals surface area contributed by atoms with Gasteiger partial charge >= 0.3 is 0 Å². The van der Waals surface area contributed by atoms with Crippen LogP contribution in [0.5, 0.6) is 0 Å². The van der Waals surface area contributed by atoms with Gasteiger partial charge < -0.3 is 4.98 Å². The fourth-order valence-corrected chi connectivity index (χ4v) is 8.09. The van der Waals surface area contributed by atoms with Gasteiger partial charge in [0.15, 0.2) is 8.29 Å². The molecule has 0 amide bonds. The number of aromatic nitrogens is 4.